The molecule has 1 rings (SSSR count). The first-order valence-electron chi connectivity index (χ1n) is 6.02. The summed E-state index contributed by atoms with van der Waals surface area (Å²) >= 11 is 1.75. The van der Waals surface area contributed by atoms with Crippen molar-refractivity contribution >= 4 is 17.7 Å². The summed E-state index contributed by atoms with van der Waals surface area (Å²) in [6.07, 6.45) is 3.60. The molecule has 3 heteroatoms. The number of benzene rings is 1. The molecule has 1 N–H and O–H groups in total. The van der Waals surface area contributed by atoms with Gasteiger partial charge in [-0.05, 0) is 30.2 Å². The summed E-state index contributed by atoms with van der Waals surface area (Å²) < 4.78 is 0. The number of thioether (sulfide) groups is 1. The van der Waals surface area contributed by atoms with Crippen molar-refractivity contribution in [3.05, 3.63) is 29.8 Å². The van der Waals surface area contributed by atoms with E-state index < -0.39 is 0 Å². The topological polar surface area (TPSA) is 29.1 Å². The number of carbonyl (C=O) groups is 1. The maximum Gasteiger partial charge on any atom is 0.220 e. The lowest BCUT2D eigenvalue weighted by Gasteiger charge is -2.09. The van der Waals surface area contributed by atoms with Crippen LogP contribution >= 0.6 is 11.8 Å². The van der Waals surface area contributed by atoms with E-state index in [2.05, 4.69) is 37.6 Å². The summed E-state index contributed by atoms with van der Waals surface area (Å²) in [4.78, 5) is 12.8. The quantitative estimate of drug-likeness (QED) is 0.787. The third kappa shape index (κ3) is 5.26. The van der Waals surface area contributed by atoms with Crippen molar-refractivity contribution in [1.29, 1.82) is 0 Å². The van der Waals surface area contributed by atoms with Crippen LogP contribution in [0.3, 0.4) is 0 Å². The van der Waals surface area contributed by atoms with Gasteiger partial charge in [0.25, 0.3) is 0 Å². The van der Waals surface area contributed by atoms with Gasteiger partial charge in [-0.15, -0.1) is 11.8 Å². The number of nitrogens with one attached hydrogen (secondary N) is 1. The molecule has 0 saturated carbocycles. The Morgan fingerprint density at radius 3 is 2.71 bits per heavy atom. The van der Waals surface area contributed by atoms with Crippen molar-refractivity contribution in [2.24, 2.45) is 5.92 Å². The number of carbonyl (C=O) groups excluding carboxylic acids is 1. The summed E-state index contributed by atoms with van der Waals surface area (Å²) in [6.45, 7) is 4.84. The van der Waals surface area contributed by atoms with E-state index >= 15 is 0 Å². The second-order valence-electron chi connectivity index (χ2n) is 4.51. The Labute approximate surface area is 108 Å². The molecule has 2 nitrogen and oxygen atoms in total. The lowest BCUT2D eigenvalue weighted by atomic mass is 10.1. The summed E-state index contributed by atoms with van der Waals surface area (Å²) in [7, 11) is 0. The van der Waals surface area contributed by atoms with Gasteiger partial charge >= 0.3 is 0 Å². The van der Waals surface area contributed by atoms with E-state index in [4.69, 9.17) is 0 Å². The van der Waals surface area contributed by atoms with Crippen LogP contribution in [0, 0.1) is 5.92 Å². The Bertz CT molecular complexity index is 363. The number of hydrogen-bond acceptors (Lipinski definition) is 2. The predicted molar refractivity (Wildman–Crippen MR) is 74.4 cm³/mol. The number of rotatable bonds is 6. The average Bonchev–Trinajstić information content (AvgIpc) is 2.28. The van der Waals surface area contributed by atoms with Gasteiger partial charge in [0.1, 0.15) is 0 Å². The first kappa shape index (κ1) is 14.1. The van der Waals surface area contributed by atoms with Gasteiger partial charge in [-0.3, -0.25) is 4.79 Å². The van der Waals surface area contributed by atoms with Gasteiger partial charge < -0.3 is 5.32 Å². The maximum atomic E-state index is 11.5. The summed E-state index contributed by atoms with van der Waals surface area (Å²) in [5.41, 5.74) is 1.31. The number of amides is 1. The fraction of sp³-hybridized carbons (Fsp3) is 0.500. The zero-order valence-electron chi connectivity index (χ0n) is 10.8. The van der Waals surface area contributed by atoms with Crippen LogP contribution in [-0.2, 0) is 11.2 Å². The molecule has 1 aromatic rings. The molecule has 17 heavy (non-hydrogen) atoms. The maximum absolute atomic E-state index is 11.5. The van der Waals surface area contributed by atoms with E-state index in [1.807, 2.05) is 12.1 Å². The fourth-order valence-corrected chi connectivity index (χ4v) is 2.34. The lowest BCUT2D eigenvalue weighted by molar-refractivity contribution is -0.121. The van der Waals surface area contributed by atoms with Gasteiger partial charge in [0.15, 0.2) is 0 Å². The monoisotopic (exact) mass is 251 g/mol. The highest BCUT2D eigenvalue weighted by Crippen LogP contribution is 2.19. The molecule has 0 aliphatic carbocycles. The Hall–Kier alpha value is -0.960. The second kappa shape index (κ2) is 7.38. The van der Waals surface area contributed by atoms with E-state index in [9.17, 15) is 4.79 Å². The van der Waals surface area contributed by atoms with E-state index in [0.29, 0.717) is 12.3 Å². The molecule has 94 valence electrons. The largest absolute Gasteiger partial charge is 0.356 e. The highest BCUT2D eigenvalue weighted by Gasteiger charge is 2.05. The predicted octanol–water partition coefficient (Wildman–Crippen LogP) is 3.11. The van der Waals surface area contributed by atoms with Crippen LogP contribution in [-0.4, -0.2) is 18.7 Å². The molecule has 1 aromatic carbocycles. The first-order valence-corrected chi connectivity index (χ1v) is 7.24. The first-order chi connectivity index (χ1) is 8.13. The molecule has 0 aromatic heterocycles. The molecule has 0 aliphatic rings. The van der Waals surface area contributed by atoms with Crippen LogP contribution in [0.15, 0.2) is 29.2 Å². The Morgan fingerprint density at radius 1 is 1.35 bits per heavy atom. The van der Waals surface area contributed by atoms with Crippen LogP contribution in [0.25, 0.3) is 0 Å². The van der Waals surface area contributed by atoms with Crippen molar-refractivity contribution in [1.82, 2.24) is 5.32 Å². The van der Waals surface area contributed by atoms with Gasteiger partial charge in [-0.1, -0.05) is 32.0 Å². The highest BCUT2D eigenvalue weighted by molar-refractivity contribution is 7.98. The van der Waals surface area contributed by atoms with Crippen LogP contribution < -0.4 is 5.32 Å². The molecule has 0 atom stereocenters. The molecule has 0 fully saturated rings. The lowest BCUT2D eigenvalue weighted by Crippen LogP contribution is -2.26. The molecule has 1 amide bonds. The molecule has 0 unspecified atom stereocenters. The molecule has 0 aliphatic heterocycles. The summed E-state index contributed by atoms with van der Waals surface area (Å²) in [5.74, 6) is 0.579. The molecule has 0 spiro atoms. The minimum Gasteiger partial charge on any atom is -0.356 e. The smallest absolute Gasteiger partial charge is 0.220 e. The SMILES string of the molecule is CSc1ccccc1CCNC(=O)CC(C)C. The van der Waals surface area contributed by atoms with E-state index in [-0.39, 0.29) is 5.91 Å². The van der Waals surface area contributed by atoms with Crippen molar-refractivity contribution < 1.29 is 4.79 Å². The van der Waals surface area contributed by atoms with Crippen LogP contribution in [0.2, 0.25) is 0 Å². The molecule has 0 bridgehead atoms. The summed E-state index contributed by atoms with van der Waals surface area (Å²) in [5, 5.41) is 2.97. The van der Waals surface area contributed by atoms with E-state index in [0.717, 1.165) is 13.0 Å². The van der Waals surface area contributed by atoms with Gasteiger partial charge in [0, 0.05) is 17.9 Å². The van der Waals surface area contributed by atoms with E-state index in [1.54, 1.807) is 11.8 Å². The molecular weight excluding hydrogens is 230 g/mol. The molecule has 0 radical (unpaired) electrons. The summed E-state index contributed by atoms with van der Waals surface area (Å²) in [6, 6.07) is 8.34. The third-order valence-electron chi connectivity index (χ3n) is 2.50. The van der Waals surface area contributed by atoms with Gasteiger partial charge in [0.2, 0.25) is 5.91 Å². The van der Waals surface area contributed by atoms with E-state index in [1.165, 1.54) is 10.5 Å². The number of hydrogen-bond donors (Lipinski definition) is 1. The zero-order chi connectivity index (χ0) is 12.7. The second-order valence-corrected chi connectivity index (χ2v) is 5.36. The zero-order valence-corrected chi connectivity index (χ0v) is 11.6. The van der Waals surface area contributed by atoms with Crippen LogP contribution in [0.1, 0.15) is 25.8 Å². The van der Waals surface area contributed by atoms with Crippen molar-refractivity contribution in [3.63, 3.8) is 0 Å². The Kier molecular flexibility index (Phi) is 6.12. The van der Waals surface area contributed by atoms with Crippen molar-refractivity contribution in [3.8, 4) is 0 Å². The normalized spacial score (nSPS) is 10.6. The minimum atomic E-state index is 0.154. The standard InChI is InChI=1S/C14H21NOS/c1-11(2)10-14(16)15-9-8-12-6-4-5-7-13(12)17-3/h4-7,11H,8-10H2,1-3H3,(H,15,16). The van der Waals surface area contributed by atoms with Crippen LogP contribution in [0.4, 0.5) is 0 Å². The third-order valence-corrected chi connectivity index (χ3v) is 3.34. The molecule has 0 heterocycles. The van der Waals surface area contributed by atoms with Gasteiger partial charge in [-0.25, -0.2) is 0 Å². The minimum absolute atomic E-state index is 0.154. The molecular formula is C14H21NOS. The van der Waals surface area contributed by atoms with Crippen molar-refractivity contribution in [2.45, 2.75) is 31.6 Å². The highest BCUT2D eigenvalue weighted by atomic mass is 32.2. The van der Waals surface area contributed by atoms with Gasteiger partial charge in [0.05, 0.1) is 0 Å². The van der Waals surface area contributed by atoms with Gasteiger partial charge in [-0.2, -0.15) is 0 Å². The Morgan fingerprint density at radius 2 is 2.06 bits per heavy atom. The molecule has 0 saturated heterocycles. The van der Waals surface area contributed by atoms with Crippen LogP contribution in [0.5, 0.6) is 0 Å². The average molecular weight is 251 g/mol. The Balaban J connectivity index is 2.38. The fourth-order valence-electron chi connectivity index (χ4n) is 1.69. The van der Waals surface area contributed by atoms with Crippen molar-refractivity contribution in [2.75, 3.05) is 12.8 Å².